The smallest absolute Gasteiger partial charge is 0.240 e. The van der Waals surface area contributed by atoms with E-state index in [0.717, 1.165) is 0 Å². The summed E-state index contributed by atoms with van der Waals surface area (Å²) < 4.78 is 35.7. The second-order valence-electron chi connectivity index (χ2n) is 3.93. The third-order valence-corrected chi connectivity index (χ3v) is 3.39. The van der Waals surface area contributed by atoms with Crippen LogP contribution in [0.2, 0.25) is 0 Å². The molecule has 2 aromatic carbocycles. The Kier molecular flexibility index (Phi) is 3.41. The van der Waals surface area contributed by atoms with Crippen molar-refractivity contribution in [1.29, 1.82) is 0 Å². The van der Waals surface area contributed by atoms with Crippen molar-refractivity contribution in [2.24, 2.45) is 5.14 Å². The van der Waals surface area contributed by atoms with Gasteiger partial charge in [0.2, 0.25) is 10.0 Å². The lowest BCUT2D eigenvalue weighted by molar-refractivity contribution is 0.598. The normalized spacial score (nSPS) is 11.3. The van der Waals surface area contributed by atoms with Gasteiger partial charge in [-0.05, 0) is 42.5 Å². The molecule has 0 bridgehead atoms. The summed E-state index contributed by atoms with van der Waals surface area (Å²) in [6, 6.07) is 9.80. The fraction of sp³-hybridized carbons (Fsp3) is 0. The van der Waals surface area contributed by atoms with Crippen molar-refractivity contribution in [2.75, 3.05) is 11.1 Å². The number of nitrogens with one attached hydrogen (secondary N) is 1. The van der Waals surface area contributed by atoms with Crippen LogP contribution in [0.25, 0.3) is 0 Å². The molecule has 2 rings (SSSR count). The van der Waals surface area contributed by atoms with E-state index in [4.69, 9.17) is 10.9 Å². The van der Waals surface area contributed by atoms with Crippen LogP contribution in [0.5, 0.6) is 0 Å². The molecule has 0 aliphatic carbocycles. The Hall–Kier alpha value is -2.12. The Balaban J connectivity index is 2.43. The zero-order valence-electron chi connectivity index (χ0n) is 9.80. The van der Waals surface area contributed by atoms with Gasteiger partial charge in [-0.15, -0.1) is 0 Å². The van der Waals surface area contributed by atoms with Gasteiger partial charge in [-0.3, -0.25) is 0 Å². The highest BCUT2D eigenvalue weighted by atomic mass is 32.2. The van der Waals surface area contributed by atoms with E-state index >= 15 is 0 Å². The van der Waals surface area contributed by atoms with Crippen molar-refractivity contribution in [1.82, 2.24) is 0 Å². The second-order valence-corrected chi connectivity index (χ2v) is 5.46. The van der Waals surface area contributed by atoms with Crippen molar-refractivity contribution in [3.63, 3.8) is 0 Å². The van der Waals surface area contributed by atoms with Crippen LogP contribution in [0.3, 0.4) is 0 Å². The van der Waals surface area contributed by atoms with Crippen LogP contribution in [0.1, 0.15) is 0 Å². The average Bonchev–Trinajstić information content (AvgIpc) is 2.33. The number of benzene rings is 2. The van der Waals surface area contributed by atoms with E-state index in [0.29, 0.717) is 5.69 Å². The van der Waals surface area contributed by atoms with Gasteiger partial charge in [-0.2, -0.15) is 0 Å². The van der Waals surface area contributed by atoms with Crippen molar-refractivity contribution in [3.05, 3.63) is 48.3 Å². The SMILES string of the molecule is Nc1ccc(Nc2ccc(F)cc2)c(S(N)(=O)=O)c1. The quantitative estimate of drug-likeness (QED) is 0.747. The van der Waals surface area contributed by atoms with Gasteiger partial charge in [0.15, 0.2) is 0 Å². The van der Waals surface area contributed by atoms with Crippen LogP contribution in [0.15, 0.2) is 47.4 Å². The lowest BCUT2D eigenvalue weighted by atomic mass is 10.2. The highest BCUT2D eigenvalue weighted by Gasteiger charge is 2.14. The number of hydrogen-bond donors (Lipinski definition) is 3. The molecule has 5 nitrogen and oxygen atoms in total. The summed E-state index contributed by atoms with van der Waals surface area (Å²) in [5.41, 5.74) is 6.64. The van der Waals surface area contributed by atoms with Crippen LogP contribution >= 0.6 is 0 Å². The Morgan fingerprint density at radius 2 is 1.68 bits per heavy atom. The Bertz CT molecular complexity index is 699. The monoisotopic (exact) mass is 281 g/mol. The largest absolute Gasteiger partial charge is 0.399 e. The first kappa shape index (κ1) is 13.3. The molecule has 0 radical (unpaired) electrons. The van der Waals surface area contributed by atoms with Gasteiger partial charge < -0.3 is 11.1 Å². The molecule has 2 aromatic rings. The van der Waals surface area contributed by atoms with E-state index in [1.54, 1.807) is 6.07 Å². The van der Waals surface area contributed by atoms with Crippen LogP contribution in [-0.2, 0) is 10.0 Å². The van der Waals surface area contributed by atoms with Crippen LogP contribution in [0.4, 0.5) is 21.5 Å². The van der Waals surface area contributed by atoms with E-state index in [1.807, 2.05) is 0 Å². The first-order chi connectivity index (χ1) is 8.86. The van der Waals surface area contributed by atoms with Crippen molar-refractivity contribution >= 4 is 27.1 Å². The molecule has 0 unspecified atom stereocenters. The summed E-state index contributed by atoms with van der Waals surface area (Å²) in [4.78, 5) is -0.114. The van der Waals surface area contributed by atoms with Gasteiger partial charge in [-0.25, -0.2) is 17.9 Å². The summed E-state index contributed by atoms with van der Waals surface area (Å²) in [7, 11) is -3.90. The lowest BCUT2D eigenvalue weighted by Gasteiger charge is -2.11. The average molecular weight is 281 g/mol. The first-order valence-corrected chi connectivity index (χ1v) is 6.86. The second kappa shape index (κ2) is 4.87. The van der Waals surface area contributed by atoms with E-state index in [-0.39, 0.29) is 22.1 Å². The van der Waals surface area contributed by atoms with Crippen LogP contribution < -0.4 is 16.2 Å². The van der Waals surface area contributed by atoms with E-state index in [2.05, 4.69) is 5.32 Å². The molecular formula is C12H12FN3O2S. The van der Waals surface area contributed by atoms with Gasteiger partial charge in [0.25, 0.3) is 0 Å². The minimum Gasteiger partial charge on any atom is -0.399 e. The maximum Gasteiger partial charge on any atom is 0.240 e. The molecule has 0 spiro atoms. The summed E-state index contributed by atoms with van der Waals surface area (Å²) in [6.07, 6.45) is 0. The molecule has 0 amide bonds. The Morgan fingerprint density at radius 3 is 2.26 bits per heavy atom. The first-order valence-electron chi connectivity index (χ1n) is 5.31. The van der Waals surface area contributed by atoms with Crippen molar-refractivity contribution in [3.8, 4) is 0 Å². The van der Waals surface area contributed by atoms with Crippen LogP contribution in [0, 0.1) is 5.82 Å². The van der Waals surface area contributed by atoms with Gasteiger partial charge in [0.05, 0.1) is 5.69 Å². The number of primary sulfonamides is 1. The summed E-state index contributed by atoms with van der Waals surface area (Å²) in [5.74, 6) is -0.380. The molecule has 0 aliphatic rings. The highest BCUT2D eigenvalue weighted by Crippen LogP contribution is 2.26. The van der Waals surface area contributed by atoms with Crippen molar-refractivity contribution < 1.29 is 12.8 Å². The topological polar surface area (TPSA) is 98.2 Å². The fourth-order valence-corrected chi connectivity index (χ4v) is 2.29. The third kappa shape index (κ3) is 3.21. The number of anilines is 3. The molecule has 0 aromatic heterocycles. The predicted octanol–water partition coefficient (Wildman–Crippen LogP) is 1.80. The van der Waals surface area contributed by atoms with Gasteiger partial charge in [0, 0.05) is 11.4 Å². The Morgan fingerprint density at radius 1 is 1.05 bits per heavy atom. The lowest BCUT2D eigenvalue weighted by Crippen LogP contribution is -2.14. The number of sulfonamides is 1. The number of nitrogens with two attached hydrogens (primary N) is 2. The maximum absolute atomic E-state index is 12.8. The minimum atomic E-state index is -3.90. The molecule has 0 atom stereocenters. The standard InChI is InChI=1S/C12H12FN3O2S/c13-8-1-4-10(5-2-8)16-11-6-3-9(14)7-12(11)19(15,17)18/h1-7,16H,14H2,(H2,15,17,18). The minimum absolute atomic E-state index is 0.114. The molecule has 5 N–H and O–H groups in total. The molecule has 0 fully saturated rings. The highest BCUT2D eigenvalue weighted by molar-refractivity contribution is 7.89. The molecule has 19 heavy (non-hydrogen) atoms. The number of rotatable bonds is 3. The van der Waals surface area contributed by atoms with E-state index in [1.165, 1.54) is 36.4 Å². The molecule has 0 aliphatic heterocycles. The molecule has 100 valence electrons. The summed E-state index contributed by atoms with van der Waals surface area (Å²) in [5, 5.41) is 7.97. The third-order valence-electron chi connectivity index (χ3n) is 2.44. The van der Waals surface area contributed by atoms with Gasteiger partial charge in [0.1, 0.15) is 10.7 Å². The molecule has 7 heteroatoms. The zero-order valence-corrected chi connectivity index (χ0v) is 10.6. The van der Waals surface area contributed by atoms with Gasteiger partial charge in [-0.1, -0.05) is 0 Å². The van der Waals surface area contributed by atoms with E-state index < -0.39 is 10.0 Å². The summed E-state index contributed by atoms with van der Waals surface area (Å²) >= 11 is 0. The van der Waals surface area contributed by atoms with Crippen molar-refractivity contribution in [2.45, 2.75) is 4.90 Å². The predicted molar refractivity (Wildman–Crippen MR) is 71.9 cm³/mol. The maximum atomic E-state index is 12.8. The molecular weight excluding hydrogens is 269 g/mol. The van der Waals surface area contributed by atoms with Crippen LogP contribution in [-0.4, -0.2) is 8.42 Å². The molecule has 0 heterocycles. The molecule has 0 saturated heterocycles. The number of nitrogen functional groups attached to an aromatic ring is 1. The zero-order chi connectivity index (χ0) is 14.0. The van der Waals surface area contributed by atoms with Gasteiger partial charge >= 0.3 is 0 Å². The fourth-order valence-electron chi connectivity index (χ4n) is 1.57. The Labute approximate surface area is 110 Å². The number of hydrogen-bond acceptors (Lipinski definition) is 4. The summed E-state index contributed by atoms with van der Waals surface area (Å²) in [6.45, 7) is 0. The van der Waals surface area contributed by atoms with E-state index in [9.17, 15) is 12.8 Å². The number of halogens is 1. The molecule has 0 saturated carbocycles.